The van der Waals surface area contributed by atoms with Gasteiger partial charge in [0.1, 0.15) is 5.88 Å². The predicted octanol–water partition coefficient (Wildman–Crippen LogP) is 0.498. The van der Waals surface area contributed by atoms with Crippen LogP contribution in [0.15, 0.2) is 0 Å². The summed E-state index contributed by atoms with van der Waals surface area (Å²) in [6, 6.07) is 0.0557. The van der Waals surface area contributed by atoms with Gasteiger partial charge >= 0.3 is 0 Å². The quantitative estimate of drug-likeness (QED) is 0.674. The first-order valence-electron chi connectivity index (χ1n) is 3.71. The van der Waals surface area contributed by atoms with Crippen LogP contribution in [0.2, 0.25) is 0 Å². The molecule has 0 aromatic carbocycles. The maximum absolute atomic E-state index is 10.7. The first-order valence-corrected chi connectivity index (χ1v) is 5.97. The number of carbonyl (C=O) groups excluding carboxylic acids is 1. The molecule has 5 heteroatoms. The Kier molecular flexibility index (Phi) is 6.38. The molecule has 0 saturated heterocycles. The second-order valence-electron chi connectivity index (χ2n) is 2.67. The zero-order chi connectivity index (χ0) is 9.56. The van der Waals surface area contributed by atoms with Crippen molar-refractivity contribution in [3.8, 4) is 0 Å². The Bertz CT molecular complexity index is 175. The first kappa shape index (κ1) is 11.9. The number of amides is 1. The van der Waals surface area contributed by atoms with Crippen molar-refractivity contribution in [1.29, 1.82) is 0 Å². The Morgan fingerprint density at radius 2 is 2.25 bits per heavy atom. The maximum Gasteiger partial charge on any atom is 0.235 e. The molecule has 0 saturated carbocycles. The van der Waals surface area contributed by atoms with E-state index in [1.165, 1.54) is 0 Å². The van der Waals surface area contributed by atoms with E-state index >= 15 is 0 Å². The molecule has 0 heterocycles. The smallest absolute Gasteiger partial charge is 0.235 e. The van der Waals surface area contributed by atoms with E-state index in [9.17, 15) is 9.00 Å². The highest BCUT2D eigenvalue weighted by Crippen LogP contribution is 1.92. The maximum atomic E-state index is 10.7. The third kappa shape index (κ3) is 6.61. The summed E-state index contributed by atoms with van der Waals surface area (Å²) < 4.78 is 10.7. The highest BCUT2D eigenvalue weighted by molar-refractivity contribution is 7.84. The summed E-state index contributed by atoms with van der Waals surface area (Å²) in [6.45, 7) is 1.87. The lowest BCUT2D eigenvalue weighted by molar-refractivity contribution is -0.119. The molecule has 3 nitrogen and oxygen atoms in total. The number of hydrogen-bond acceptors (Lipinski definition) is 2. The molecular formula is C7H14ClNO2S. The van der Waals surface area contributed by atoms with Crippen molar-refractivity contribution in [2.75, 3.05) is 17.9 Å². The Morgan fingerprint density at radius 3 is 2.67 bits per heavy atom. The van der Waals surface area contributed by atoms with Gasteiger partial charge in [-0.3, -0.25) is 9.00 Å². The number of hydrogen-bond donors (Lipinski definition) is 1. The minimum Gasteiger partial charge on any atom is -0.353 e. The van der Waals surface area contributed by atoms with Gasteiger partial charge in [-0.1, -0.05) is 0 Å². The molecule has 12 heavy (non-hydrogen) atoms. The van der Waals surface area contributed by atoms with Gasteiger partial charge in [-0.15, -0.1) is 11.6 Å². The summed E-state index contributed by atoms with van der Waals surface area (Å²) in [4.78, 5) is 10.7. The highest BCUT2D eigenvalue weighted by atomic mass is 35.5. The van der Waals surface area contributed by atoms with E-state index in [0.29, 0.717) is 5.75 Å². The highest BCUT2D eigenvalue weighted by Gasteiger charge is 2.05. The van der Waals surface area contributed by atoms with Crippen LogP contribution in [0, 0.1) is 0 Å². The van der Waals surface area contributed by atoms with Crippen molar-refractivity contribution in [3.05, 3.63) is 0 Å². The topological polar surface area (TPSA) is 46.2 Å². The van der Waals surface area contributed by atoms with Gasteiger partial charge in [-0.25, -0.2) is 0 Å². The summed E-state index contributed by atoms with van der Waals surface area (Å²) in [6.07, 6.45) is 2.38. The molecule has 2 atom stereocenters. The largest absolute Gasteiger partial charge is 0.353 e. The van der Waals surface area contributed by atoms with Gasteiger partial charge in [-0.2, -0.15) is 0 Å². The fourth-order valence-corrected chi connectivity index (χ4v) is 1.49. The Labute approximate surface area is 80.3 Å². The number of halogens is 1. The van der Waals surface area contributed by atoms with E-state index in [1.807, 2.05) is 6.92 Å². The monoisotopic (exact) mass is 211 g/mol. The van der Waals surface area contributed by atoms with E-state index in [2.05, 4.69) is 5.32 Å². The lowest BCUT2D eigenvalue weighted by atomic mass is 10.2. The summed E-state index contributed by atoms with van der Waals surface area (Å²) >= 11 is 5.29. The first-order chi connectivity index (χ1) is 5.56. The van der Waals surface area contributed by atoms with Crippen LogP contribution in [0.3, 0.4) is 0 Å². The third-order valence-corrected chi connectivity index (χ3v) is 2.42. The number of rotatable bonds is 5. The van der Waals surface area contributed by atoms with Gasteiger partial charge in [0.05, 0.1) is 0 Å². The molecule has 0 fully saturated rings. The van der Waals surface area contributed by atoms with Crippen LogP contribution in [-0.4, -0.2) is 34.0 Å². The van der Waals surface area contributed by atoms with Crippen molar-refractivity contribution in [2.24, 2.45) is 0 Å². The molecule has 0 spiro atoms. The second-order valence-corrected chi connectivity index (χ2v) is 4.49. The molecule has 0 bridgehead atoms. The van der Waals surface area contributed by atoms with E-state index in [0.717, 1.165) is 6.42 Å². The number of carbonyl (C=O) groups is 1. The molecule has 0 rings (SSSR count). The average Bonchev–Trinajstić information content (AvgIpc) is 2.00. The van der Waals surface area contributed by atoms with Crippen molar-refractivity contribution in [1.82, 2.24) is 5.32 Å². The molecule has 0 radical (unpaired) electrons. The zero-order valence-electron chi connectivity index (χ0n) is 7.30. The van der Waals surface area contributed by atoms with E-state index < -0.39 is 10.8 Å². The van der Waals surface area contributed by atoms with Gasteiger partial charge in [0.15, 0.2) is 0 Å². The normalized spacial score (nSPS) is 15.2. The molecule has 0 aliphatic carbocycles. The predicted molar refractivity (Wildman–Crippen MR) is 51.9 cm³/mol. The number of nitrogens with one attached hydrogen (secondary N) is 1. The second kappa shape index (κ2) is 6.43. The van der Waals surface area contributed by atoms with E-state index in [-0.39, 0.29) is 17.8 Å². The lowest BCUT2D eigenvalue weighted by Gasteiger charge is -2.11. The van der Waals surface area contributed by atoms with Crippen LogP contribution in [0.5, 0.6) is 0 Å². The van der Waals surface area contributed by atoms with Gasteiger partial charge in [0.2, 0.25) is 5.91 Å². The van der Waals surface area contributed by atoms with E-state index in [4.69, 9.17) is 11.6 Å². The Balaban J connectivity index is 3.52. The van der Waals surface area contributed by atoms with Crippen LogP contribution < -0.4 is 5.32 Å². The SMILES string of the molecule is CC(CCS(C)=O)NC(=O)CCl. The molecule has 1 N–H and O–H groups in total. The molecular weight excluding hydrogens is 198 g/mol. The third-order valence-electron chi connectivity index (χ3n) is 1.37. The molecule has 0 aliphatic heterocycles. The van der Waals surface area contributed by atoms with Crippen molar-refractivity contribution in [2.45, 2.75) is 19.4 Å². The Hall–Kier alpha value is -0.0900. The summed E-state index contributed by atoms with van der Waals surface area (Å²) in [5.41, 5.74) is 0. The summed E-state index contributed by atoms with van der Waals surface area (Å²) in [5.74, 6) is 0.426. The summed E-state index contributed by atoms with van der Waals surface area (Å²) in [5, 5.41) is 2.68. The molecule has 0 aromatic heterocycles. The Morgan fingerprint density at radius 1 is 1.67 bits per heavy atom. The van der Waals surface area contributed by atoms with Crippen LogP contribution >= 0.6 is 11.6 Å². The molecule has 0 aliphatic rings. The minimum absolute atomic E-state index is 0.0143. The molecule has 1 amide bonds. The van der Waals surface area contributed by atoms with E-state index in [1.54, 1.807) is 6.26 Å². The van der Waals surface area contributed by atoms with Crippen LogP contribution in [0.1, 0.15) is 13.3 Å². The standard InChI is InChI=1S/C7H14ClNO2S/c1-6(3-4-12(2)11)9-7(10)5-8/h6H,3-5H2,1-2H3,(H,9,10). The van der Waals surface area contributed by atoms with Crippen molar-refractivity contribution in [3.63, 3.8) is 0 Å². The average molecular weight is 212 g/mol. The minimum atomic E-state index is -0.787. The molecule has 0 aromatic rings. The van der Waals surface area contributed by atoms with Gasteiger partial charge < -0.3 is 5.32 Å². The molecule has 2 unspecified atom stereocenters. The van der Waals surface area contributed by atoms with Crippen LogP contribution in [-0.2, 0) is 15.6 Å². The fraction of sp³-hybridized carbons (Fsp3) is 0.857. The van der Waals surface area contributed by atoms with Gasteiger partial charge in [0, 0.05) is 28.9 Å². The van der Waals surface area contributed by atoms with Crippen molar-refractivity contribution < 1.29 is 9.00 Å². The van der Waals surface area contributed by atoms with Crippen molar-refractivity contribution >= 4 is 28.3 Å². The summed E-state index contributed by atoms with van der Waals surface area (Å²) in [7, 11) is -0.787. The molecule has 72 valence electrons. The zero-order valence-corrected chi connectivity index (χ0v) is 8.87. The van der Waals surface area contributed by atoms with Crippen LogP contribution in [0.25, 0.3) is 0 Å². The van der Waals surface area contributed by atoms with Gasteiger partial charge in [-0.05, 0) is 13.3 Å². The van der Waals surface area contributed by atoms with Crippen LogP contribution in [0.4, 0.5) is 0 Å². The fourth-order valence-electron chi connectivity index (χ4n) is 0.728. The number of alkyl halides is 1. The van der Waals surface area contributed by atoms with Gasteiger partial charge in [0.25, 0.3) is 0 Å². The lowest BCUT2D eigenvalue weighted by Crippen LogP contribution is -2.34.